The Morgan fingerprint density at radius 1 is 0.667 bits per heavy atom. The van der Waals surface area contributed by atoms with Gasteiger partial charge in [-0.3, -0.25) is 0 Å². The Labute approximate surface area is 78.6 Å². The average Bonchev–Trinajstić information content (AvgIpc) is 1.46. The molecule has 0 atom stereocenters. The molecule has 0 aliphatic carbocycles. The van der Waals surface area contributed by atoms with Crippen molar-refractivity contribution in [1.29, 1.82) is 0 Å². The summed E-state index contributed by atoms with van der Waals surface area (Å²) in [5, 5.41) is 0.804. The molecule has 4 heteroatoms. The average molecular weight is 206 g/mol. The molecule has 0 aromatic carbocycles. The fraction of sp³-hybridized carbons (Fsp3) is 1.00. The van der Waals surface area contributed by atoms with Gasteiger partial charge in [0, 0.05) is 26.8 Å². The van der Waals surface area contributed by atoms with E-state index in [2.05, 4.69) is 51.3 Å². The lowest BCUT2D eigenvalue weighted by Gasteiger charge is -2.50. The van der Waals surface area contributed by atoms with Crippen LogP contribution in [0.25, 0.3) is 0 Å². The molecular weight excluding hydrogens is 186 g/mol. The van der Waals surface area contributed by atoms with Crippen LogP contribution in [-0.4, -0.2) is 10.3 Å². The van der Waals surface area contributed by atoms with Crippen molar-refractivity contribution in [2.45, 2.75) is 51.9 Å². The molecule has 2 nitrogen and oxygen atoms in total. The third-order valence-corrected chi connectivity index (χ3v) is 7.62. The van der Waals surface area contributed by atoms with Gasteiger partial charge in [0.15, 0.2) is 0 Å². The van der Waals surface area contributed by atoms with Crippen LogP contribution < -0.4 is 9.72 Å². The van der Waals surface area contributed by atoms with Gasteiger partial charge in [-0.15, -0.1) is 0 Å². The Morgan fingerprint density at radius 3 is 1.08 bits per heavy atom. The zero-order valence-electron chi connectivity index (χ0n) is 8.89. The molecule has 1 saturated heterocycles. The summed E-state index contributed by atoms with van der Waals surface area (Å²) in [4.78, 5) is 7.36. The van der Waals surface area contributed by atoms with Crippen molar-refractivity contribution in [3.8, 4) is 0 Å². The maximum Gasteiger partial charge on any atom is 0.0489 e. The molecule has 0 bridgehead atoms. The molecule has 1 aliphatic heterocycles. The van der Waals surface area contributed by atoms with E-state index >= 15 is 0 Å². The van der Waals surface area contributed by atoms with E-state index in [0.717, 1.165) is 0 Å². The van der Waals surface area contributed by atoms with E-state index in [-0.39, 0.29) is 16.4 Å². The summed E-state index contributed by atoms with van der Waals surface area (Å²) < 4.78 is 0. The van der Waals surface area contributed by atoms with Crippen LogP contribution in [0.5, 0.6) is 0 Å². The van der Waals surface area contributed by atoms with Gasteiger partial charge in [-0.2, -0.15) is 0 Å². The molecule has 0 radical (unpaired) electrons. The van der Waals surface area contributed by atoms with Crippen molar-refractivity contribution in [3.63, 3.8) is 0 Å². The van der Waals surface area contributed by atoms with Gasteiger partial charge in [0.1, 0.15) is 0 Å². The lowest BCUT2D eigenvalue weighted by atomic mass is 10.3. The van der Waals surface area contributed by atoms with Crippen molar-refractivity contribution < 1.29 is 0 Å². The standard InChI is InChI=1S/C8H20N2P2/c1-7(2,3)11-9-12(10-11)8(4,5)6/h9-10H,1-6H3. The number of hydrogen-bond acceptors (Lipinski definition) is 2. The van der Waals surface area contributed by atoms with Crippen molar-refractivity contribution in [1.82, 2.24) is 9.72 Å². The first-order valence-corrected chi connectivity index (χ1v) is 7.02. The normalized spacial score (nSPS) is 31.5. The van der Waals surface area contributed by atoms with Crippen LogP contribution in [0.15, 0.2) is 0 Å². The molecule has 0 unspecified atom stereocenters. The zero-order chi connectivity index (χ0) is 9.57. The van der Waals surface area contributed by atoms with Gasteiger partial charge in [0.05, 0.1) is 0 Å². The lowest BCUT2D eigenvalue weighted by molar-refractivity contribution is 0.739. The molecular formula is C8H20N2P2. The monoisotopic (exact) mass is 206 g/mol. The molecule has 1 fully saturated rings. The fourth-order valence-electron chi connectivity index (χ4n) is 0.800. The maximum absolute atomic E-state index is 3.68. The van der Waals surface area contributed by atoms with E-state index in [4.69, 9.17) is 0 Å². The van der Waals surface area contributed by atoms with Gasteiger partial charge in [0.25, 0.3) is 0 Å². The molecule has 12 heavy (non-hydrogen) atoms. The minimum atomic E-state index is -0.114. The molecule has 0 aromatic rings. The summed E-state index contributed by atoms with van der Waals surface area (Å²) >= 11 is 0. The van der Waals surface area contributed by atoms with Crippen LogP contribution in [0.1, 0.15) is 41.5 Å². The van der Waals surface area contributed by atoms with Gasteiger partial charge in [-0.25, -0.2) is 9.72 Å². The van der Waals surface area contributed by atoms with Crippen LogP contribution in [-0.2, 0) is 0 Å². The summed E-state index contributed by atoms with van der Waals surface area (Å²) in [6.07, 6.45) is 0. The van der Waals surface area contributed by atoms with Crippen LogP contribution in [0, 0.1) is 0 Å². The highest BCUT2D eigenvalue weighted by Gasteiger charge is 2.41. The van der Waals surface area contributed by atoms with E-state index in [1.807, 2.05) is 0 Å². The predicted molar refractivity (Wildman–Crippen MR) is 59.6 cm³/mol. The summed E-state index contributed by atoms with van der Waals surface area (Å²) in [6, 6.07) is 0. The molecule has 1 aliphatic rings. The highest BCUT2D eigenvalue weighted by atomic mass is 31.3. The summed E-state index contributed by atoms with van der Waals surface area (Å²) in [6.45, 7) is 13.7. The van der Waals surface area contributed by atoms with E-state index in [9.17, 15) is 0 Å². The first-order valence-electron chi connectivity index (χ1n) is 4.34. The minimum Gasteiger partial charge on any atom is -0.248 e. The van der Waals surface area contributed by atoms with E-state index in [1.54, 1.807) is 0 Å². The number of nitrogens with one attached hydrogen (secondary N) is 2. The van der Waals surface area contributed by atoms with Crippen LogP contribution in [0.3, 0.4) is 0 Å². The van der Waals surface area contributed by atoms with Gasteiger partial charge in [0.2, 0.25) is 0 Å². The van der Waals surface area contributed by atoms with Crippen LogP contribution >= 0.6 is 16.4 Å². The first kappa shape index (κ1) is 10.9. The van der Waals surface area contributed by atoms with Gasteiger partial charge in [-0.1, -0.05) is 41.5 Å². The molecule has 1 rings (SSSR count). The van der Waals surface area contributed by atoms with E-state index in [0.29, 0.717) is 10.3 Å². The van der Waals surface area contributed by atoms with E-state index < -0.39 is 0 Å². The highest BCUT2D eigenvalue weighted by Crippen LogP contribution is 2.66. The highest BCUT2D eigenvalue weighted by molar-refractivity contribution is 7.85. The Kier molecular flexibility index (Phi) is 2.87. The largest absolute Gasteiger partial charge is 0.248 e. The quantitative estimate of drug-likeness (QED) is 0.593. The van der Waals surface area contributed by atoms with Crippen molar-refractivity contribution in [2.75, 3.05) is 0 Å². The Bertz CT molecular complexity index is 145. The Balaban J connectivity index is 2.39. The number of hydrogen-bond donors (Lipinski definition) is 2. The minimum absolute atomic E-state index is 0.114. The Morgan fingerprint density at radius 2 is 0.917 bits per heavy atom. The smallest absolute Gasteiger partial charge is 0.0489 e. The third-order valence-electron chi connectivity index (χ3n) is 1.74. The molecule has 0 spiro atoms. The van der Waals surface area contributed by atoms with Gasteiger partial charge < -0.3 is 0 Å². The Hall–Kier alpha value is 0.780. The molecule has 0 amide bonds. The van der Waals surface area contributed by atoms with Crippen molar-refractivity contribution in [2.24, 2.45) is 0 Å². The van der Waals surface area contributed by atoms with E-state index in [1.165, 1.54) is 0 Å². The van der Waals surface area contributed by atoms with Gasteiger partial charge in [-0.05, 0) is 0 Å². The van der Waals surface area contributed by atoms with Crippen molar-refractivity contribution >= 4 is 16.4 Å². The third kappa shape index (κ3) is 2.39. The molecule has 0 saturated carbocycles. The molecule has 2 N–H and O–H groups in total. The number of rotatable bonds is 0. The SMILES string of the molecule is CC(C)(C)P1NP(C(C)(C)C)N1. The second-order valence-corrected chi connectivity index (χ2v) is 10.8. The predicted octanol–water partition coefficient (Wildman–Crippen LogP) is 3.40. The van der Waals surface area contributed by atoms with Crippen LogP contribution in [0.2, 0.25) is 0 Å². The maximum atomic E-state index is 3.68. The topological polar surface area (TPSA) is 24.1 Å². The summed E-state index contributed by atoms with van der Waals surface area (Å²) in [7, 11) is -0.227. The molecule has 72 valence electrons. The second-order valence-electron chi connectivity index (χ2n) is 5.21. The van der Waals surface area contributed by atoms with Gasteiger partial charge >= 0.3 is 0 Å². The summed E-state index contributed by atoms with van der Waals surface area (Å²) in [5.41, 5.74) is 0. The van der Waals surface area contributed by atoms with Crippen LogP contribution in [0.4, 0.5) is 0 Å². The molecule has 1 heterocycles. The fourth-order valence-corrected chi connectivity index (χ4v) is 7.20. The lowest BCUT2D eigenvalue weighted by Crippen LogP contribution is -2.42. The second kappa shape index (κ2) is 3.17. The first-order chi connectivity index (χ1) is 5.21. The summed E-state index contributed by atoms with van der Waals surface area (Å²) in [5.74, 6) is 0. The molecule has 0 aromatic heterocycles. The van der Waals surface area contributed by atoms with Crippen molar-refractivity contribution in [3.05, 3.63) is 0 Å². The zero-order valence-corrected chi connectivity index (χ0v) is 10.7.